The highest BCUT2D eigenvalue weighted by Crippen LogP contribution is 2.22. The fourth-order valence-corrected chi connectivity index (χ4v) is 3.09. The molecule has 1 unspecified atom stereocenters. The van der Waals surface area contributed by atoms with Crippen molar-refractivity contribution in [1.29, 1.82) is 0 Å². The van der Waals surface area contributed by atoms with Crippen LogP contribution < -0.4 is 5.32 Å². The summed E-state index contributed by atoms with van der Waals surface area (Å²) in [6.07, 6.45) is -0.159. The summed E-state index contributed by atoms with van der Waals surface area (Å²) in [5.74, 6) is -2.81. The number of carbonyl (C=O) groups excluding carboxylic acids is 2. The van der Waals surface area contributed by atoms with E-state index in [2.05, 4.69) is 5.32 Å². The van der Waals surface area contributed by atoms with Gasteiger partial charge in [-0.15, -0.1) is 0 Å². The molecule has 2 aromatic carbocycles. The lowest BCUT2D eigenvalue weighted by Gasteiger charge is -2.14. The van der Waals surface area contributed by atoms with E-state index in [4.69, 9.17) is 4.74 Å². The van der Waals surface area contributed by atoms with Crippen LogP contribution in [0, 0.1) is 15.9 Å². The van der Waals surface area contributed by atoms with Crippen LogP contribution in [0.25, 0.3) is 0 Å². The van der Waals surface area contributed by atoms with Crippen LogP contribution in [0.3, 0.4) is 0 Å². The van der Waals surface area contributed by atoms with Gasteiger partial charge in [0, 0.05) is 18.0 Å². The standard InChI is InChI=1S/C18H17FN2O7S/c1-11(17(22)20-14-7-8-15(19)16(9-14)21(24)25)28-18(23)13-5-3-12(4-6-13)10-29(2,26)27/h3-9,11H,10H2,1-2H3,(H,20,22). The number of esters is 1. The summed E-state index contributed by atoms with van der Waals surface area (Å²) in [5, 5.41) is 13.0. The number of ether oxygens (including phenoxy) is 1. The molecule has 2 rings (SSSR count). The normalized spacial score (nSPS) is 12.1. The van der Waals surface area contributed by atoms with Gasteiger partial charge in [0.2, 0.25) is 5.82 Å². The van der Waals surface area contributed by atoms with E-state index in [9.17, 15) is 32.5 Å². The van der Waals surface area contributed by atoms with Gasteiger partial charge in [-0.1, -0.05) is 12.1 Å². The average Bonchev–Trinajstić information content (AvgIpc) is 2.62. The molecule has 0 saturated heterocycles. The zero-order valence-corrected chi connectivity index (χ0v) is 16.2. The molecule has 0 saturated carbocycles. The molecule has 1 atom stereocenters. The number of nitro benzene ring substituents is 1. The molecule has 2 aromatic rings. The number of carbonyl (C=O) groups is 2. The van der Waals surface area contributed by atoms with Crippen LogP contribution >= 0.6 is 0 Å². The Balaban J connectivity index is 2.01. The molecule has 11 heteroatoms. The minimum absolute atomic E-state index is 0.0314. The van der Waals surface area contributed by atoms with E-state index in [0.29, 0.717) is 5.56 Å². The Morgan fingerprint density at radius 1 is 1.21 bits per heavy atom. The first-order chi connectivity index (χ1) is 13.5. The van der Waals surface area contributed by atoms with Gasteiger partial charge < -0.3 is 10.1 Å². The minimum Gasteiger partial charge on any atom is -0.449 e. The fraction of sp³-hybridized carbons (Fsp3) is 0.222. The number of rotatable bonds is 7. The SMILES string of the molecule is CC(OC(=O)c1ccc(CS(C)(=O)=O)cc1)C(=O)Nc1ccc(F)c([N+](=O)[O-])c1. The third-order valence-corrected chi connectivity index (χ3v) is 4.54. The second-order valence-corrected chi connectivity index (χ2v) is 8.37. The number of nitro groups is 1. The summed E-state index contributed by atoms with van der Waals surface area (Å²) in [6.45, 7) is 1.29. The Morgan fingerprint density at radius 3 is 2.38 bits per heavy atom. The number of halogens is 1. The topological polar surface area (TPSA) is 133 Å². The number of anilines is 1. The van der Waals surface area contributed by atoms with Gasteiger partial charge >= 0.3 is 11.7 Å². The summed E-state index contributed by atoms with van der Waals surface area (Å²) < 4.78 is 40.9. The highest BCUT2D eigenvalue weighted by Gasteiger charge is 2.21. The molecule has 1 N–H and O–H groups in total. The van der Waals surface area contributed by atoms with Gasteiger partial charge in [0.15, 0.2) is 15.9 Å². The molecule has 0 aliphatic heterocycles. The lowest BCUT2D eigenvalue weighted by atomic mass is 10.1. The predicted molar refractivity (Wildman–Crippen MR) is 102 cm³/mol. The molecular weight excluding hydrogens is 407 g/mol. The quantitative estimate of drug-likeness (QED) is 0.410. The van der Waals surface area contributed by atoms with Crippen LogP contribution in [0.2, 0.25) is 0 Å². The molecule has 9 nitrogen and oxygen atoms in total. The molecule has 0 bridgehead atoms. The van der Waals surface area contributed by atoms with Crippen LogP contribution in [0.4, 0.5) is 15.8 Å². The summed E-state index contributed by atoms with van der Waals surface area (Å²) in [4.78, 5) is 34.1. The Hall–Kier alpha value is -3.34. The zero-order valence-electron chi connectivity index (χ0n) is 15.4. The first-order valence-electron chi connectivity index (χ1n) is 8.19. The van der Waals surface area contributed by atoms with E-state index >= 15 is 0 Å². The molecular formula is C18H17FN2O7S. The Labute approximate surface area is 165 Å². The highest BCUT2D eigenvalue weighted by molar-refractivity contribution is 7.89. The summed E-state index contributed by atoms with van der Waals surface area (Å²) in [6, 6.07) is 8.48. The largest absolute Gasteiger partial charge is 0.449 e. The smallest absolute Gasteiger partial charge is 0.338 e. The van der Waals surface area contributed by atoms with Crippen molar-refractivity contribution in [2.24, 2.45) is 0 Å². The second kappa shape index (κ2) is 8.78. The van der Waals surface area contributed by atoms with E-state index < -0.39 is 44.2 Å². The molecule has 0 radical (unpaired) electrons. The van der Waals surface area contributed by atoms with E-state index in [0.717, 1.165) is 24.5 Å². The molecule has 29 heavy (non-hydrogen) atoms. The number of benzene rings is 2. The monoisotopic (exact) mass is 424 g/mol. The highest BCUT2D eigenvalue weighted by atomic mass is 32.2. The van der Waals surface area contributed by atoms with Gasteiger partial charge in [-0.3, -0.25) is 14.9 Å². The van der Waals surface area contributed by atoms with Gasteiger partial charge in [0.05, 0.1) is 16.2 Å². The Morgan fingerprint density at radius 2 is 1.83 bits per heavy atom. The number of hydrogen-bond donors (Lipinski definition) is 1. The molecule has 0 fully saturated rings. The van der Waals surface area contributed by atoms with E-state index in [1.165, 1.54) is 31.2 Å². The Bertz CT molecular complexity index is 1050. The van der Waals surface area contributed by atoms with Crippen molar-refractivity contribution >= 4 is 33.1 Å². The number of sulfone groups is 1. The minimum atomic E-state index is -3.22. The summed E-state index contributed by atoms with van der Waals surface area (Å²) in [5.41, 5.74) is -0.232. The van der Waals surface area contributed by atoms with Gasteiger partial charge in [0.1, 0.15) is 0 Å². The fourth-order valence-electron chi connectivity index (χ4n) is 2.30. The van der Waals surface area contributed by atoms with Crippen molar-refractivity contribution in [3.8, 4) is 0 Å². The van der Waals surface area contributed by atoms with E-state index in [1.54, 1.807) is 0 Å². The van der Waals surface area contributed by atoms with Crippen LogP contribution in [0.5, 0.6) is 0 Å². The third-order valence-electron chi connectivity index (χ3n) is 3.68. The molecule has 0 heterocycles. The number of nitrogens with one attached hydrogen (secondary N) is 1. The average molecular weight is 424 g/mol. The first-order valence-corrected chi connectivity index (χ1v) is 10.2. The number of hydrogen-bond acceptors (Lipinski definition) is 7. The van der Waals surface area contributed by atoms with Gasteiger partial charge in [-0.2, -0.15) is 4.39 Å². The number of amides is 1. The second-order valence-electron chi connectivity index (χ2n) is 6.23. The van der Waals surface area contributed by atoms with Gasteiger partial charge in [-0.05, 0) is 36.8 Å². The predicted octanol–water partition coefficient (Wildman–Crippen LogP) is 2.46. The van der Waals surface area contributed by atoms with Crippen molar-refractivity contribution in [2.45, 2.75) is 18.8 Å². The maximum atomic E-state index is 13.3. The van der Waals surface area contributed by atoms with Crippen molar-refractivity contribution < 1.29 is 32.1 Å². The maximum absolute atomic E-state index is 13.3. The van der Waals surface area contributed by atoms with Crippen LogP contribution in [0.1, 0.15) is 22.8 Å². The molecule has 1 amide bonds. The van der Waals surface area contributed by atoms with Gasteiger partial charge in [0.25, 0.3) is 5.91 Å². The zero-order chi connectivity index (χ0) is 21.8. The van der Waals surface area contributed by atoms with Crippen LogP contribution in [0.15, 0.2) is 42.5 Å². The van der Waals surface area contributed by atoms with Crippen molar-refractivity contribution in [3.63, 3.8) is 0 Å². The number of nitrogens with zero attached hydrogens (tertiary/aromatic N) is 1. The maximum Gasteiger partial charge on any atom is 0.338 e. The summed E-state index contributed by atoms with van der Waals surface area (Å²) in [7, 11) is -3.22. The molecule has 0 aliphatic rings. The van der Waals surface area contributed by atoms with Crippen LogP contribution in [-0.4, -0.2) is 37.6 Å². The third kappa shape index (κ3) is 6.35. The van der Waals surface area contributed by atoms with Crippen molar-refractivity contribution in [2.75, 3.05) is 11.6 Å². The lowest BCUT2D eigenvalue weighted by Crippen LogP contribution is -2.30. The molecule has 0 spiro atoms. The van der Waals surface area contributed by atoms with E-state index in [1.807, 2.05) is 0 Å². The molecule has 0 aromatic heterocycles. The Kier molecular flexibility index (Phi) is 6.64. The van der Waals surface area contributed by atoms with Crippen molar-refractivity contribution in [1.82, 2.24) is 0 Å². The summed E-state index contributed by atoms with van der Waals surface area (Å²) >= 11 is 0. The van der Waals surface area contributed by atoms with Crippen molar-refractivity contribution in [3.05, 3.63) is 69.5 Å². The first kappa shape index (κ1) is 22.0. The lowest BCUT2D eigenvalue weighted by molar-refractivity contribution is -0.387. The van der Waals surface area contributed by atoms with E-state index in [-0.39, 0.29) is 17.0 Å². The van der Waals surface area contributed by atoms with Gasteiger partial charge in [-0.25, -0.2) is 13.2 Å². The molecule has 0 aliphatic carbocycles. The van der Waals surface area contributed by atoms with Crippen LogP contribution in [-0.2, 0) is 25.1 Å². The molecule has 154 valence electrons.